The number of aromatic nitrogens is 2. The van der Waals surface area contributed by atoms with Crippen molar-refractivity contribution in [1.29, 1.82) is 0 Å². The molecule has 0 saturated heterocycles. The van der Waals surface area contributed by atoms with E-state index in [1.807, 2.05) is 48.5 Å². The molecule has 4 rings (SSSR count). The number of hydrogen-bond donors (Lipinski definition) is 0. The van der Waals surface area contributed by atoms with Crippen LogP contribution in [0.2, 0.25) is 0 Å². The lowest BCUT2D eigenvalue weighted by Crippen LogP contribution is -1.89. The highest BCUT2D eigenvalue weighted by Crippen LogP contribution is 2.33. The zero-order valence-corrected chi connectivity index (χ0v) is 12.8. The molecule has 0 aliphatic carbocycles. The molecule has 0 radical (unpaired) electrons. The average molecular weight is 300 g/mol. The molecule has 0 unspecified atom stereocenters. The molecule has 0 saturated carbocycles. The zero-order valence-electron chi connectivity index (χ0n) is 12.8. The van der Waals surface area contributed by atoms with Crippen molar-refractivity contribution >= 4 is 5.65 Å². The molecular formula is C20H16N2O. The lowest BCUT2D eigenvalue weighted by atomic mass is 10.0. The standard InChI is InChI=1S/C20H16N2O/c1-23-17-12-10-15(11-13-17)19-20(16-7-3-2-4-8-16)22-14-6-5-9-18(22)21-19/h2-14H,1H3. The Morgan fingerprint density at radius 2 is 1.52 bits per heavy atom. The molecule has 4 aromatic rings. The number of ether oxygens (including phenoxy) is 1. The first-order valence-electron chi connectivity index (χ1n) is 7.54. The molecular weight excluding hydrogens is 284 g/mol. The molecule has 2 heterocycles. The minimum Gasteiger partial charge on any atom is -0.497 e. The van der Waals surface area contributed by atoms with E-state index in [1.165, 1.54) is 0 Å². The lowest BCUT2D eigenvalue weighted by molar-refractivity contribution is 0.415. The normalized spacial score (nSPS) is 10.8. The van der Waals surface area contributed by atoms with Crippen LogP contribution >= 0.6 is 0 Å². The highest BCUT2D eigenvalue weighted by molar-refractivity contribution is 5.82. The van der Waals surface area contributed by atoms with Crippen LogP contribution in [-0.4, -0.2) is 16.5 Å². The molecule has 0 spiro atoms. The van der Waals surface area contributed by atoms with Gasteiger partial charge in [-0.25, -0.2) is 4.98 Å². The van der Waals surface area contributed by atoms with Crippen LogP contribution in [0.4, 0.5) is 0 Å². The fourth-order valence-electron chi connectivity index (χ4n) is 2.82. The number of fused-ring (bicyclic) bond motifs is 1. The van der Waals surface area contributed by atoms with Gasteiger partial charge in [-0.15, -0.1) is 0 Å². The van der Waals surface area contributed by atoms with Crippen molar-refractivity contribution in [2.45, 2.75) is 0 Å². The number of hydrogen-bond acceptors (Lipinski definition) is 2. The molecule has 2 aromatic carbocycles. The van der Waals surface area contributed by atoms with Gasteiger partial charge in [0.1, 0.15) is 11.4 Å². The smallest absolute Gasteiger partial charge is 0.137 e. The highest BCUT2D eigenvalue weighted by Gasteiger charge is 2.15. The second kappa shape index (κ2) is 5.61. The summed E-state index contributed by atoms with van der Waals surface area (Å²) in [6, 6.07) is 24.5. The topological polar surface area (TPSA) is 26.5 Å². The third-order valence-electron chi connectivity index (χ3n) is 3.94. The van der Waals surface area contributed by atoms with Gasteiger partial charge in [-0.2, -0.15) is 0 Å². The summed E-state index contributed by atoms with van der Waals surface area (Å²) in [6.45, 7) is 0. The monoisotopic (exact) mass is 300 g/mol. The Kier molecular flexibility index (Phi) is 3.31. The summed E-state index contributed by atoms with van der Waals surface area (Å²) >= 11 is 0. The number of benzene rings is 2. The van der Waals surface area contributed by atoms with Gasteiger partial charge in [0.2, 0.25) is 0 Å². The summed E-state index contributed by atoms with van der Waals surface area (Å²) in [7, 11) is 1.68. The first-order chi connectivity index (χ1) is 11.4. The molecule has 0 aliphatic rings. The van der Waals surface area contributed by atoms with E-state index in [2.05, 4.69) is 34.9 Å². The fourth-order valence-corrected chi connectivity index (χ4v) is 2.82. The van der Waals surface area contributed by atoms with E-state index in [1.54, 1.807) is 7.11 Å². The van der Waals surface area contributed by atoms with Crippen molar-refractivity contribution in [3.63, 3.8) is 0 Å². The SMILES string of the molecule is COc1ccc(-c2nc3ccccn3c2-c2ccccc2)cc1. The maximum atomic E-state index is 5.25. The van der Waals surface area contributed by atoms with E-state index in [4.69, 9.17) is 9.72 Å². The fraction of sp³-hybridized carbons (Fsp3) is 0.0500. The second-order valence-corrected chi connectivity index (χ2v) is 5.33. The molecule has 0 fully saturated rings. The third-order valence-corrected chi connectivity index (χ3v) is 3.94. The molecule has 0 aliphatic heterocycles. The Morgan fingerprint density at radius 3 is 2.26 bits per heavy atom. The zero-order chi connectivity index (χ0) is 15.6. The summed E-state index contributed by atoms with van der Waals surface area (Å²) < 4.78 is 7.39. The van der Waals surface area contributed by atoms with Crippen LogP contribution in [0.5, 0.6) is 5.75 Å². The first kappa shape index (κ1) is 13.6. The van der Waals surface area contributed by atoms with Crippen molar-refractivity contribution in [3.8, 4) is 28.3 Å². The van der Waals surface area contributed by atoms with E-state index >= 15 is 0 Å². The highest BCUT2D eigenvalue weighted by atomic mass is 16.5. The summed E-state index contributed by atoms with van der Waals surface area (Å²) in [5.41, 5.74) is 5.25. The summed E-state index contributed by atoms with van der Waals surface area (Å²) in [4.78, 5) is 4.84. The van der Waals surface area contributed by atoms with Gasteiger partial charge in [0, 0.05) is 17.3 Å². The van der Waals surface area contributed by atoms with Crippen LogP contribution < -0.4 is 4.74 Å². The molecule has 0 atom stereocenters. The largest absolute Gasteiger partial charge is 0.497 e. The second-order valence-electron chi connectivity index (χ2n) is 5.33. The van der Waals surface area contributed by atoms with Gasteiger partial charge in [-0.1, -0.05) is 36.4 Å². The van der Waals surface area contributed by atoms with Crippen molar-refractivity contribution in [2.24, 2.45) is 0 Å². The Labute approximate surface area is 134 Å². The van der Waals surface area contributed by atoms with Crippen molar-refractivity contribution in [2.75, 3.05) is 7.11 Å². The Bertz CT molecular complexity index is 940. The molecule has 112 valence electrons. The number of rotatable bonds is 3. The van der Waals surface area contributed by atoms with E-state index < -0.39 is 0 Å². The Morgan fingerprint density at radius 1 is 0.783 bits per heavy atom. The maximum Gasteiger partial charge on any atom is 0.137 e. The molecule has 0 amide bonds. The van der Waals surface area contributed by atoms with Crippen LogP contribution in [0.1, 0.15) is 0 Å². The Balaban J connectivity index is 1.98. The van der Waals surface area contributed by atoms with E-state index in [-0.39, 0.29) is 0 Å². The first-order valence-corrected chi connectivity index (χ1v) is 7.54. The molecule has 0 N–H and O–H groups in total. The van der Waals surface area contributed by atoms with Crippen LogP contribution in [-0.2, 0) is 0 Å². The average Bonchev–Trinajstić information content (AvgIpc) is 3.02. The number of pyridine rings is 1. The molecule has 23 heavy (non-hydrogen) atoms. The molecule has 2 aromatic heterocycles. The van der Waals surface area contributed by atoms with Crippen molar-refractivity contribution in [1.82, 2.24) is 9.38 Å². The van der Waals surface area contributed by atoms with E-state index in [0.717, 1.165) is 33.9 Å². The van der Waals surface area contributed by atoms with Crippen molar-refractivity contribution < 1.29 is 4.74 Å². The van der Waals surface area contributed by atoms with Crippen LogP contribution in [0, 0.1) is 0 Å². The number of imidazole rings is 1. The number of methoxy groups -OCH3 is 1. The van der Waals surface area contributed by atoms with Gasteiger partial charge < -0.3 is 4.74 Å². The van der Waals surface area contributed by atoms with E-state index in [9.17, 15) is 0 Å². The molecule has 0 bridgehead atoms. The van der Waals surface area contributed by atoms with Crippen LogP contribution in [0.3, 0.4) is 0 Å². The van der Waals surface area contributed by atoms with Gasteiger partial charge in [-0.05, 0) is 36.4 Å². The quantitative estimate of drug-likeness (QED) is 0.549. The minimum absolute atomic E-state index is 0.846. The van der Waals surface area contributed by atoms with Gasteiger partial charge >= 0.3 is 0 Å². The number of nitrogens with zero attached hydrogens (tertiary/aromatic N) is 2. The predicted octanol–water partition coefficient (Wildman–Crippen LogP) is 4.68. The van der Waals surface area contributed by atoms with Crippen molar-refractivity contribution in [3.05, 3.63) is 79.0 Å². The van der Waals surface area contributed by atoms with Gasteiger partial charge in [0.15, 0.2) is 0 Å². The van der Waals surface area contributed by atoms with E-state index in [0.29, 0.717) is 0 Å². The van der Waals surface area contributed by atoms with Gasteiger partial charge in [0.25, 0.3) is 0 Å². The summed E-state index contributed by atoms with van der Waals surface area (Å²) in [5.74, 6) is 0.846. The predicted molar refractivity (Wildman–Crippen MR) is 92.6 cm³/mol. The minimum atomic E-state index is 0.846. The van der Waals surface area contributed by atoms with Crippen LogP contribution in [0.25, 0.3) is 28.2 Å². The van der Waals surface area contributed by atoms with Gasteiger partial charge in [-0.3, -0.25) is 4.40 Å². The Hall–Kier alpha value is -3.07. The molecule has 3 nitrogen and oxygen atoms in total. The third kappa shape index (κ3) is 2.36. The summed E-state index contributed by atoms with van der Waals surface area (Å²) in [5, 5.41) is 0. The summed E-state index contributed by atoms with van der Waals surface area (Å²) in [6.07, 6.45) is 2.05. The van der Waals surface area contributed by atoms with Gasteiger partial charge in [0.05, 0.1) is 18.5 Å². The molecule has 3 heteroatoms. The lowest BCUT2D eigenvalue weighted by Gasteiger charge is -2.06. The maximum absolute atomic E-state index is 5.25. The van der Waals surface area contributed by atoms with Crippen LogP contribution in [0.15, 0.2) is 79.0 Å².